The predicted molar refractivity (Wildman–Crippen MR) is 88.0 cm³/mol. The van der Waals surface area contributed by atoms with Crippen LogP contribution in [0, 0.1) is 5.92 Å². The van der Waals surface area contributed by atoms with Gasteiger partial charge in [-0.3, -0.25) is 0 Å². The van der Waals surface area contributed by atoms with E-state index in [-0.39, 0.29) is 0 Å². The Kier molecular flexibility index (Phi) is 6.10. The number of carbonyl (C=O) groups is 1. The maximum absolute atomic E-state index is 12.1. The minimum Gasteiger partial charge on any atom is -0.467 e. The number of rotatable bonds is 5. The zero-order valence-corrected chi connectivity index (χ0v) is 14.4. The van der Waals surface area contributed by atoms with E-state index in [0.717, 1.165) is 19.3 Å². The van der Waals surface area contributed by atoms with Crippen LogP contribution in [0.3, 0.4) is 0 Å². The molecule has 1 saturated carbocycles. The first-order chi connectivity index (χ1) is 10.8. The van der Waals surface area contributed by atoms with E-state index in [1.165, 1.54) is 25.5 Å². The van der Waals surface area contributed by atoms with E-state index in [4.69, 9.17) is 9.15 Å². The number of amides is 1. The summed E-state index contributed by atoms with van der Waals surface area (Å²) in [6, 6.07) is 3.07. The molecule has 1 aliphatic carbocycles. The molecular weight excluding hydrogens is 294 g/mol. The summed E-state index contributed by atoms with van der Waals surface area (Å²) in [6.45, 7) is 5.48. The topological polar surface area (TPSA) is 71.7 Å². The van der Waals surface area contributed by atoms with Crippen molar-refractivity contribution >= 4 is 6.09 Å². The summed E-state index contributed by atoms with van der Waals surface area (Å²) in [4.78, 5) is 12.1. The van der Waals surface area contributed by atoms with Gasteiger partial charge in [0.1, 0.15) is 17.5 Å². The van der Waals surface area contributed by atoms with Gasteiger partial charge in [-0.1, -0.05) is 32.1 Å². The second-order valence-corrected chi connectivity index (χ2v) is 7.45. The van der Waals surface area contributed by atoms with Crippen LogP contribution in [-0.2, 0) is 4.74 Å². The number of ether oxygens (including phenoxy) is 1. The van der Waals surface area contributed by atoms with Crippen LogP contribution >= 0.6 is 0 Å². The largest absolute Gasteiger partial charge is 0.467 e. The fraction of sp³-hybridized carbons (Fsp3) is 0.722. The van der Waals surface area contributed by atoms with Gasteiger partial charge in [0.15, 0.2) is 0 Å². The molecule has 1 fully saturated rings. The van der Waals surface area contributed by atoms with Gasteiger partial charge in [-0.05, 0) is 45.2 Å². The molecule has 23 heavy (non-hydrogen) atoms. The fourth-order valence-corrected chi connectivity index (χ4v) is 3.17. The lowest BCUT2D eigenvalue weighted by Gasteiger charge is -2.30. The lowest BCUT2D eigenvalue weighted by atomic mass is 9.83. The Labute approximate surface area is 138 Å². The van der Waals surface area contributed by atoms with Crippen LogP contribution in [0.25, 0.3) is 0 Å². The molecule has 0 bridgehead atoms. The van der Waals surface area contributed by atoms with Crippen LogP contribution in [0.1, 0.15) is 71.2 Å². The predicted octanol–water partition coefficient (Wildman–Crippen LogP) is 4.18. The van der Waals surface area contributed by atoms with Gasteiger partial charge in [-0.15, -0.1) is 0 Å². The Morgan fingerprint density at radius 2 is 2.09 bits per heavy atom. The van der Waals surface area contributed by atoms with Crippen molar-refractivity contribution in [1.82, 2.24) is 5.32 Å². The molecule has 1 aromatic rings. The molecule has 5 nitrogen and oxygen atoms in total. The van der Waals surface area contributed by atoms with Crippen molar-refractivity contribution in [1.29, 1.82) is 0 Å². The second-order valence-electron chi connectivity index (χ2n) is 7.45. The van der Waals surface area contributed by atoms with E-state index in [1.54, 1.807) is 12.1 Å². The van der Waals surface area contributed by atoms with Crippen LogP contribution in [0.5, 0.6) is 0 Å². The van der Waals surface area contributed by atoms with Gasteiger partial charge in [0.2, 0.25) is 0 Å². The SMILES string of the molecule is CC(C)(C)OC(=O)NC(CC1CCCCC1)[C@H](O)c1ccco1. The summed E-state index contributed by atoms with van der Waals surface area (Å²) in [5, 5.41) is 13.4. The number of hydrogen-bond donors (Lipinski definition) is 2. The van der Waals surface area contributed by atoms with E-state index in [2.05, 4.69) is 5.32 Å². The van der Waals surface area contributed by atoms with E-state index >= 15 is 0 Å². The van der Waals surface area contributed by atoms with Gasteiger partial charge in [-0.2, -0.15) is 0 Å². The number of furan rings is 1. The Bertz CT molecular complexity index is 472. The van der Waals surface area contributed by atoms with Crippen molar-refractivity contribution in [2.24, 2.45) is 5.92 Å². The van der Waals surface area contributed by atoms with Gasteiger partial charge < -0.3 is 19.6 Å². The lowest BCUT2D eigenvalue weighted by molar-refractivity contribution is 0.0359. The van der Waals surface area contributed by atoms with Crippen LogP contribution in [0.2, 0.25) is 0 Å². The quantitative estimate of drug-likeness (QED) is 0.853. The van der Waals surface area contributed by atoms with Crippen LogP contribution in [-0.4, -0.2) is 22.8 Å². The van der Waals surface area contributed by atoms with Gasteiger partial charge >= 0.3 is 6.09 Å². The molecule has 2 N–H and O–H groups in total. The summed E-state index contributed by atoms with van der Waals surface area (Å²) >= 11 is 0. The van der Waals surface area contributed by atoms with Gasteiger partial charge in [0.05, 0.1) is 12.3 Å². The van der Waals surface area contributed by atoms with E-state index < -0.39 is 23.8 Å². The molecule has 0 saturated heterocycles. The fourth-order valence-electron chi connectivity index (χ4n) is 3.17. The zero-order valence-electron chi connectivity index (χ0n) is 14.4. The monoisotopic (exact) mass is 323 g/mol. The van der Waals surface area contributed by atoms with Crippen LogP contribution in [0.15, 0.2) is 22.8 Å². The van der Waals surface area contributed by atoms with E-state index in [9.17, 15) is 9.90 Å². The molecule has 0 aliphatic heterocycles. The molecule has 2 rings (SSSR count). The maximum atomic E-state index is 12.1. The van der Waals surface area contributed by atoms with Gasteiger partial charge in [-0.25, -0.2) is 4.79 Å². The zero-order chi connectivity index (χ0) is 16.9. The first kappa shape index (κ1) is 17.9. The first-order valence-corrected chi connectivity index (χ1v) is 8.56. The molecule has 1 unspecified atom stereocenters. The number of alkyl carbamates (subject to hydrolysis) is 1. The highest BCUT2D eigenvalue weighted by Gasteiger charge is 2.30. The van der Waals surface area contributed by atoms with Crippen LogP contribution < -0.4 is 5.32 Å². The highest BCUT2D eigenvalue weighted by atomic mass is 16.6. The Balaban J connectivity index is 2.02. The number of aliphatic hydroxyl groups is 1. The Morgan fingerprint density at radius 1 is 1.39 bits per heavy atom. The smallest absolute Gasteiger partial charge is 0.407 e. The van der Waals surface area contributed by atoms with Crippen molar-refractivity contribution in [2.75, 3.05) is 0 Å². The standard InChI is InChI=1S/C18H29NO4/c1-18(2,3)23-17(21)19-14(12-13-8-5-4-6-9-13)16(20)15-10-7-11-22-15/h7,10-11,13-14,16,20H,4-6,8-9,12H2,1-3H3,(H,19,21)/t14?,16-/m0/s1. The lowest BCUT2D eigenvalue weighted by Crippen LogP contribution is -2.43. The molecule has 0 spiro atoms. The molecule has 130 valence electrons. The Hall–Kier alpha value is -1.49. The Morgan fingerprint density at radius 3 is 2.65 bits per heavy atom. The summed E-state index contributed by atoms with van der Waals surface area (Å²) in [7, 11) is 0. The van der Waals surface area contributed by atoms with E-state index in [0.29, 0.717) is 11.7 Å². The normalized spacial score (nSPS) is 19.1. The highest BCUT2D eigenvalue weighted by molar-refractivity contribution is 5.68. The summed E-state index contributed by atoms with van der Waals surface area (Å²) in [6.07, 6.45) is 6.94. The minimum atomic E-state index is -0.862. The molecule has 1 heterocycles. The van der Waals surface area contributed by atoms with Gasteiger partial charge in [0.25, 0.3) is 0 Å². The number of nitrogens with one attached hydrogen (secondary N) is 1. The van der Waals surface area contributed by atoms with Crippen molar-refractivity contribution in [3.8, 4) is 0 Å². The van der Waals surface area contributed by atoms with E-state index in [1.807, 2.05) is 20.8 Å². The number of aliphatic hydroxyl groups excluding tert-OH is 1. The molecule has 1 aliphatic rings. The molecule has 2 atom stereocenters. The average molecular weight is 323 g/mol. The summed E-state index contributed by atoms with van der Waals surface area (Å²) in [5.41, 5.74) is -0.560. The highest BCUT2D eigenvalue weighted by Crippen LogP contribution is 2.31. The van der Waals surface area contributed by atoms with Crippen molar-refractivity contribution < 1.29 is 19.1 Å². The summed E-state index contributed by atoms with van der Waals surface area (Å²) in [5.74, 6) is 0.996. The third kappa shape index (κ3) is 5.90. The molecular formula is C18H29NO4. The third-order valence-electron chi connectivity index (χ3n) is 4.23. The molecule has 0 aromatic carbocycles. The van der Waals surface area contributed by atoms with Crippen LogP contribution in [0.4, 0.5) is 4.79 Å². The van der Waals surface area contributed by atoms with Gasteiger partial charge in [0, 0.05) is 0 Å². The second kappa shape index (κ2) is 7.86. The molecule has 1 amide bonds. The number of hydrogen-bond acceptors (Lipinski definition) is 4. The first-order valence-electron chi connectivity index (χ1n) is 8.56. The molecule has 1 aromatic heterocycles. The maximum Gasteiger partial charge on any atom is 0.407 e. The third-order valence-corrected chi connectivity index (χ3v) is 4.23. The van der Waals surface area contributed by atoms with Crippen molar-refractivity contribution in [3.05, 3.63) is 24.2 Å². The summed E-state index contributed by atoms with van der Waals surface area (Å²) < 4.78 is 10.6. The van der Waals surface area contributed by atoms with Crippen molar-refractivity contribution in [3.63, 3.8) is 0 Å². The molecule has 0 radical (unpaired) electrons. The number of carbonyl (C=O) groups excluding carboxylic acids is 1. The average Bonchev–Trinajstić information content (AvgIpc) is 2.99. The minimum absolute atomic E-state index is 0.404. The molecule has 5 heteroatoms. The van der Waals surface area contributed by atoms with Crippen molar-refractivity contribution in [2.45, 2.75) is 77.0 Å².